The molecule has 150 valence electrons. The Kier molecular flexibility index (Phi) is 6.51. The van der Waals surface area contributed by atoms with Crippen molar-refractivity contribution in [1.29, 1.82) is 0 Å². The minimum absolute atomic E-state index is 0.136. The van der Waals surface area contributed by atoms with E-state index < -0.39 is 34.8 Å². The Bertz CT molecular complexity index is 665. The van der Waals surface area contributed by atoms with Crippen molar-refractivity contribution in [3.63, 3.8) is 0 Å². The Hall–Kier alpha value is -2.09. The molecule has 0 aromatic heterocycles. The number of alkyl halides is 3. The van der Waals surface area contributed by atoms with Gasteiger partial charge in [-0.2, -0.15) is 13.2 Å². The maximum absolute atomic E-state index is 14.0. The molecule has 2 unspecified atom stereocenters. The smallest absolute Gasteiger partial charge is 0.432 e. The SMILES string of the molecule is COC(C(=O)OC1(C)CCCCCCNC1=O)(c1ccccc1)C(F)(F)F. The fourth-order valence-electron chi connectivity index (χ4n) is 3.20. The van der Waals surface area contributed by atoms with E-state index in [1.54, 1.807) is 0 Å². The van der Waals surface area contributed by atoms with Crippen molar-refractivity contribution in [2.45, 2.75) is 56.4 Å². The fourth-order valence-corrected chi connectivity index (χ4v) is 3.20. The van der Waals surface area contributed by atoms with Gasteiger partial charge in [0.05, 0.1) is 0 Å². The molecule has 1 aromatic carbocycles. The van der Waals surface area contributed by atoms with E-state index in [1.807, 2.05) is 0 Å². The van der Waals surface area contributed by atoms with E-state index in [4.69, 9.17) is 9.47 Å². The number of esters is 1. The van der Waals surface area contributed by atoms with Crippen molar-refractivity contribution in [2.75, 3.05) is 13.7 Å². The number of hydrogen-bond donors (Lipinski definition) is 1. The van der Waals surface area contributed by atoms with Gasteiger partial charge in [-0.3, -0.25) is 4.79 Å². The predicted molar refractivity (Wildman–Crippen MR) is 91.8 cm³/mol. The number of benzene rings is 1. The topological polar surface area (TPSA) is 64.6 Å². The zero-order valence-corrected chi connectivity index (χ0v) is 15.4. The van der Waals surface area contributed by atoms with Crippen LogP contribution in [-0.2, 0) is 24.7 Å². The monoisotopic (exact) mass is 387 g/mol. The van der Waals surface area contributed by atoms with E-state index in [1.165, 1.54) is 25.1 Å². The number of hydrogen-bond acceptors (Lipinski definition) is 4. The quantitative estimate of drug-likeness (QED) is 0.804. The molecule has 27 heavy (non-hydrogen) atoms. The van der Waals surface area contributed by atoms with Crippen LogP contribution in [-0.4, -0.2) is 37.3 Å². The summed E-state index contributed by atoms with van der Waals surface area (Å²) in [6.45, 7) is 1.73. The van der Waals surface area contributed by atoms with E-state index in [0.29, 0.717) is 13.0 Å². The molecule has 1 aliphatic heterocycles. The molecular weight excluding hydrogens is 363 g/mol. The second-order valence-corrected chi connectivity index (χ2v) is 6.79. The third-order valence-electron chi connectivity index (χ3n) is 4.84. The summed E-state index contributed by atoms with van der Waals surface area (Å²) in [7, 11) is 0.799. The maximum Gasteiger partial charge on any atom is 0.432 e. The van der Waals surface area contributed by atoms with Crippen LogP contribution >= 0.6 is 0 Å². The average Bonchev–Trinajstić information content (AvgIpc) is 2.68. The van der Waals surface area contributed by atoms with Crippen LogP contribution in [0.4, 0.5) is 13.2 Å². The summed E-state index contributed by atoms with van der Waals surface area (Å²) in [5.41, 5.74) is -5.42. The van der Waals surface area contributed by atoms with E-state index in [2.05, 4.69) is 5.32 Å². The number of carbonyl (C=O) groups is 2. The minimum atomic E-state index is -5.08. The first-order valence-electron chi connectivity index (χ1n) is 8.86. The molecule has 0 bridgehead atoms. The molecule has 2 rings (SSSR count). The lowest BCUT2D eigenvalue weighted by Gasteiger charge is -2.36. The van der Waals surface area contributed by atoms with Gasteiger partial charge >= 0.3 is 12.1 Å². The highest BCUT2D eigenvalue weighted by atomic mass is 19.4. The summed E-state index contributed by atoms with van der Waals surface area (Å²) in [5, 5.41) is 2.63. The van der Waals surface area contributed by atoms with Crippen LogP contribution in [0, 0.1) is 0 Å². The number of ether oxygens (including phenoxy) is 2. The molecule has 0 saturated carbocycles. The first-order chi connectivity index (χ1) is 12.7. The van der Waals surface area contributed by atoms with Gasteiger partial charge in [0.15, 0.2) is 5.60 Å². The summed E-state index contributed by atoms with van der Waals surface area (Å²) in [6, 6.07) is 6.55. The maximum atomic E-state index is 14.0. The molecule has 0 aliphatic carbocycles. The standard InChI is InChI=1S/C19H24F3NO4/c1-17(12-8-3-4-9-13-23-15(17)24)27-16(25)18(26-2,19(20,21)22)14-10-6-5-7-11-14/h5-7,10-11H,3-4,8-9,12-13H2,1-2H3,(H,23,24). The molecule has 1 aliphatic rings. The van der Waals surface area contributed by atoms with Crippen molar-refractivity contribution in [1.82, 2.24) is 5.32 Å². The molecule has 1 amide bonds. The van der Waals surface area contributed by atoms with Crippen molar-refractivity contribution < 1.29 is 32.2 Å². The molecule has 0 radical (unpaired) electrons. The molecule has 1 saturated heterocycles. The average molecular weight is 387 g/mol. The van der Waals surface area contributed by atoms with Crippen LogP contribution in [0.1, 0.15) is 44.6 Å². The van der Waals surface area contributed by atoms with Gasteiger partial charge < -0.3 is 14.8 Å². The number of carbonyl (C=O) groups excluding carboxylic acids is 2. The molecule has 0 spiro atoms. The Balaban J connectivity index is 2.41. The zero-order chi connectivity index (χ0) is 20.1. The van der Waals surface area contributed by atoms with Gasteiger partial charge in [0.1, 0.15) is 0 Å². The van der Waals surface area contributed by atoms with Crippen molar-refractivity contribution in [3.8, 4) is 0 Å². The van der Waals surface area contributed by atoms with Crippen LogP contribution in [0.2, 0.25) is 0 Å². The van der Waals surface area contributed by atoms with Crippen LogP contribution in [0.25, 0.3) is 0 Å². The second-order valence-electron chi connectivity index (χ2n) is 6.79. The molecule has 1 aromatic rings. The number of nitrogens with one attached hydrogen (secondary N) is 1. The first-order valence-corrected chi connectivity index (χ1v) is 8.86. The third-order valence-corrected chi connectivity index (χ3v) is 4.84. The Labute approximate surface area is 156 Å². The molecule has 5 nitrogen and oxygen atoms in total. The number of methoxy groups -OCH3 is 1. The minimum Gasteiger partial charge on any atom is -0.447 e. The van der Waals surface area contributed by atoms with E-state index in [9.17, 15) is 22.8 Å². The molecule has 8 heteroatoms. The van der Waals surface area contributed by atoms with Gasteiger partial charge in [0, 0.05) is 19.2 Å². The Morgan fingerprint density at radius 2 is 1.74 bits per heavy atom. The van der Waals surface area contributed by atoms with Gasteiger partial charge in [-0.05, 0) is 26.2 Å². The number of rotatable bonds is 4. The van der Waals surface area contributed by atoms with Gasteiger partial charge in [0.2, 0.25) is 0 Å². The molecule has 1 fully saturated rings. The lowest BCUT2D eigenvalue weighted by Crippen LogP contribution is -2.56. The second kappa shape index (κ2) is 8.29. The van der Waals surface area contributed by atoms with Gasteiger partial charge in [0.25, 0.3) is 11.5 Å². The summed E-state index contributed by atoms with van der Waals surface area (Å²) < 4.78 is 51.9. The van der Waals surface area contributed by atoms with E-state index >= 15 is 0 Å². The highest BCUT2D eigenvalue weighted by molar-refractivity contribution is 5.90. The summed E-state index contributed by atoms with van der Waals surface area (Å²) >= 11 is 0. The lowest BCUT2D eigenvalue weighted by molar-refractivity contribution is -0.280. The lowest BCUT2D eigenvalue weighted by atomic mass is 9.91. The van der Waals surface area contributed by atoms with Gasteiger partial charge in [-0.25, -0.2) is 4.79 Å². The molecular formula is C19H24F3NO4. The third kappa shape index (κ3) is 4.26. The van der Waals surface area contributed by atoms with E-state index in [-0.39, 0.29) is 6.42 Å². The Morgan fingerprint density at radius 1 is 1.11 bits per heavy atom. The van der Waals surface area contributed by atoms with E-state index in [0.717, 1.165) is 38.5 Å². The highest BCUT2D eigenvalue weighted by Crippen LogP contribution is 2.44. The first kappa shape index (κ1) is 21.2. The summed E-state index contributed by atoms with van der Waals surface area (Å²) in [5.74, 6) is -2.25. The molecule has 2 atom stereocenters. The molecule has 1 N–H and O–H groups in total. The van der Waals surface area contributed by atoms with Crippen molar-refractivity contribution in [3.05, 3.63) is 35.9 Å². The normalized spacial score (nSPS) is 24.0. The predicted octanol–water partition coefficient (Wildman–Crippen LogP) is 3.47. The Morgan fingerprint density at radius 3 is 2.33 bits per heavy atom. The van der Waals surface area contributed by atoms with Crippen molar-refractivity contribution >= 4 is 11.9 Å². The largest absolute Gasteiger partial charge is 0.447 e. The number of amides is 1. The van der Waals surface area contributed by atoms with Gasteiger partial charge in [-0.15, -0.1) is 0 Å². The molecule has 1 heterocycles. The van der Waals surface area contributed by atoms with Crippen LogP contribution in [0.3, 0.4) is 0 Å². The van der Waals surface area contributed by atoms with Crippen molar-refractivity contribution in [2.24, 2.45) is 0 Å². The highest BCUT2D eigenvalue weighted by Gasteiger charge is 2.65. The van der Waals surface area contributed by atoms with Crippen LogP contribution in [0.15, 0.2) is 30.3 Å². The fraction of sp³-hybridized carbons (Fsp3) is 0.579. The summed E-state index contributed by atoms with van der Waals surface area (Å²) in [6.07, 6.45) is -1.92. The van der Waals surface area contributed by atoms with Crippen LogP contribution < -0.4 is 5.32 Å². The van der Waals surface area contributed by atoms with Crippen LogP contribution in [0.5, 0.6) is 0 Å². The number of halogens is 3. The summed E-state index contributed by atoms with van der Waals surface area (Å²) in [4.78, 5) is 25.3. The van der Waals surface area contributed by atoms with Gasteiger partial charge in [-0.1, -0.05) is 43.2 Å². The zero-order valence-electron chi connectivity index (χ0n) is 15.4.